The molecule has 0 amide bonds. The largest absolute Gasteiger partial charge is 0.478 e. The molecule has 0 aliphatic carbocycles. The molecule has 0 spiro atoms. The first-order valence-electron chi connectivity index (χ1n) is 6.79. The number of nitrogens with zero attached hydrogens (tertiary/aromatic N) is 1. The maximum Gasteiger partial charge on any atom is 0.335 e. The van der Waals surface area contributed by atoms with E-state index in [1.807, 2.05) is 6.92 Å². The summed E-state index contributed by atoms with van der Waals surface area (Å²) in [5.41, 5.74) is 1.54. The van der Waals surface area contributed by atoms with Crippen LogP contribution in [0.25, 0.3) is 0 Å². The van der Waals surface area contributed by atoms with Gasteiger partial charge in [0.05, 0.1) is 16.1 Å². The zero-order valence-corrected chi connectivity index (χ0v) is 13.2. The number of hydrogen-bond acceptors (Lipinski definition) is 3. The van der Waals surface area contributed by atoms with Gasteiger partial charge in [-0.15, -0.1) is 0 Å². The fourth-order valence-corrected chi connectivity index (χ4v) is 3.57. The molecule has 116 valence electrons. The molecular formula is C16H17NO4S. The number of carboxylic acid groups (broad SMARTS) is 1. The lowest BCUT2D eigenvalue weighted by molar-refractivity contribution is 0.0697. The third-order valence-electron chi connectivity index (χ3n) is 3.30. The molecular weight excluding hydrogens is 302 g/mol. The highest BCUT2D eigenvalue weighted by molar-refractivity contribution is 7.92. The van der Waals surface area contributed by atoms with Crippen LogP contribution in [0.3, 0.4) is 0 Å². The van der Waals surface area contributed by atoms with Crippen LogP contribution >= 0.6 is 0 Å². The molecule has 0 atom stereocenters. The Balaban J connectivity index is 2.42. The Bertz CT molecular complexity index is 765. The van der Waals surface area contributed by atoms with Gasteiger partial charge in [-0.3, -0.25) is 4.31 Å². The Kier molecular flexibility index (Phi) is 4.51. The van der Waals surface area contributed by atoms with Gasteiger partial charge in [0.15, 0.2) is 0 Å². The quantitative estimate of drug-likeness (QED) is 0.919. The third kappa shape index (κ3) is 3.12. The van der Waals surface area contributed by atoms with Crippen molar-refractivity contribution >= 4 is 21.7 Å². The van der Waals surface area contributed by atoms with E-state index >= 15 is 0 Å². The van der Waals surface area contributed by atoms with E-state index in [1.165, 1.54) is 28.6 Å². The molecule has 0 radical (unpaired) electrons. The summed E-state index contributed by atoms with van der Waals surface area (Å²) in [6.07, 6.45) is 0. The predicted octanol–water partition coefficient (Wildman–Crippen LogP) is 2.91. The highest BCUT2D eigenvalue weighted by Gasteiger charge is 2.23. The lowest BCUT2D eigenvalue weighted by Crippen LogP contribution is -2.30. The number of anilines is 1. The molecule has 0 saturated carbocycles. The SMILES string of the molecule is CCN(c1ccc(C(=O)O)cc1)S(=O)(=O)c1ccc(C)cc1. The zero-order valence-electron chi connectivity index (χ0n) is 12.4. The van der Waals surface area contributed by atoms with Crippen molar-refractivity contribution in [1.29, 1.82) is 0 Å². The van der Waals surface area contributed by atoms with Crippen LogP contribution in [-0.4, -0.2) is 26.0 Å². The van der Waals surface area contributed by atoms with Gasteiger partial charge in [0.2, 0.25) is 0 Å². The molecule has 22 heavy (non-hydrogen) atoms. The first-order valence-corrected chi connectivity index (χ1v) is 8.23. The standard InChI is InChI=1S/C16H17NO4S/c1-3-17(14-8-6-13(7-9-14)16(18)19)22(20,21)15-10-4-12(2)5-11-15/h4-11H,3H2,1-2H3,(H,18,19). The van der Waals surface area contributed by atoms with E-state index in [9.17, 15) is 13.2 Å². The van der Waals surface area contributed by atoms with Crippen LogP contribution in [-0.2, 0) is 10.0 Å². The minimum absolute atomic E-state index is 0.118. The minimum Gasteiger partial charge on any atom is -0.478 e. The molecule has 0 heterocycles. The maximum absolute atomic E-state index is 12.7. The van der Waals surface area contributed by atoms with E-state index in [0.29, 0.717) is 5.69 Å². The molecule has 0 saturated heterocycles. The van der Waals surface area contributed by atoms with Crippen molar-refractivity contribution in [2.75, 3.05) is 10.8 Å². The molecule has 6 heteroatoms. The molecule has 2 aromatic carbocycles. The molecule has 2 aromatic rings. The molecule has 0 aromatic heterocycles. The van der Waals surface area contributed by atoms with Crippen LogP contribution in [0.5, 0.6) is 0 Å². The number of aryl methyl sites for hydroxylation is 1. The Morgan fingerprint density at radius 2 is 1.59 bits per heavy atom. The van der Waals surface area contributed by atoms with E-state index in [4.69, 9.17) is 5.11 Å². The van der Waals surface area contributed by atoms with Crippen LogP contribution in [0.4, 0.5) is 5.69 Å². The smallest absolute Gasteiger partial charge is 0.335 e. The first-order chi connectivity index (χ1) is 10.4. The van der Waals surface area contributed by atoms with Gasteiger partial charge in [-0.2, -0.15) is 0 Å². The molecule has 0 aliphatic rings. The van der Waals surface area contributed by atoms with Crippen molar-refractivity contribution in [2.45, 2.75) is 18.7 Å². The summed E-state index contributed by atoms with van der Waals surface area (Å²) in [7, 11) is -3.67. The lowest BCUT2D eigenvalue weighted by atomic mass is 10.2. The average molecular weight is 319 g/mol. The second-order valence-electron chi connectivity index (χ2n) is 4.83. The fraction of sp³-hybridized carbons (Fsp3) is 0.188. The second-order valence-corrected chi connectivity index (χ2v) is 6.70. The van der Waals surface area contributed by atoms with Gasteiger partial charge in [0.25, 0.3) is 10.0 Å². The number of carboxylic acids is 1. The number of aromatic carboxylic acids is 1. The summed E-state index contributed by atoms with van der Waals surface area (Å²) in [5, 5.41) is 8.90. The minimum atomic E-state index is -3.67. The fourth-order valence-electron chi connectivity index (χ4n) is 2.10. The predicted molar refractivity (Wildman–Crippen MR) is 84.8 cm³/mol. The van der Waals surface area contributed by atoms with E-state index < -0.39 is 16.0 Å². The van der Waals surface area contributed by atoms with Crippen molar-refractivity contribution in [3.8, 4) is 0 Å². The average Bonchev–Trinajstić information content (AvgIpc) is 2.48. The van der Waals surface area contributed by atoms with E-state index in [1.54, 1.807) is 31.2 Å². The molecule has 0 bridgehead atoms. The second kappa shape index (κ2) is 6.19. The van der Waals surface area contributed by atoms with Crippen molar-refractivity contribution in [3.63, 3.8) is 0 Å². The number of rotatable bonds is 5. The Hall–Kier alpha value is -2.34. The zero-order chi connectivity index (χ0) is 16.3. The lowest BCUT2D eigenvalue weighted by Gasteiger charge is -2.23. The summed E-state index contributed by atoms with van der Waals surface area (Å²) in [5.74, 6) is -1.05. The molecule has 1 N–H and O–H groups in total. The van der Waals surface area contributed by atoms with Gasteiger partial charge >= 0.3 is 5.97 Å². The van der Waals surface area contributed by atoms with Gasteiger partial charge in [-0.25, -0.2) is 13.2 Å². The highest BCUT2D eigenvalue weighted by Crippen LogP contribution is 2.24. The summed E-state index contributed by atoms with van der Waals surface area (Å²) in [6.45, 7) is 3.87. The number of carbonyl (C=O) groups is 1. The maximum atomic E-state index is 12.7. The monoisotopic (exact) mass is 319 g/mol. The number of benzene rings is 2. The number of sulfonamides is 1. The van der Waals surface area contributed by atoms with Crippen molar-refractivity contribution < 1.29 is 18.3 Å². The molecule has 5 nitrogen and oxygen atoms in total. The van der Waals surface area contributed by atoms with Crippen LogP contribution in [0, 0.1) is 6.92 Å². The number of hydrogen-bond donors (Lipinski definition) is 1. The Morgan fingerprint density at radius 3 is 2.05 bits per heavy atom. The van der Waals surface area contributed by atoms with Crippen LogP contribution in [0.2, 0.25) is 0 Å². The molecule has 2 rings (SSSR count). The summed E-state index contributed by atoms with van der Waals surface area (Å²) in [6, 6.07) is 12.4. The van der Waals surface area contributed by atoms with Gasteiger partial charge < -0.3 is 5.11 Å². The normalized spacial score (nSPS) is 11.2. The summed E-state index contributed by atoms with van der Waals surface area (Å²) in [4.78, 5) is 11.1. The van der Waals surface area contributed by atoms with E-state index in [0.717, 1.165) is 5.56 Å². The van der Waals surface area contributed by atoms with Crippen molar-refractivity contribution in [1.82, 2.24) is 0 Å². The molecule has 0 aliphatic heterocycles. The van der Waals surface area contributed by atoms with E-state index in [-0.39, 0.29) is 17.0 Å². The topological polar surface area (TPSA) is 74.7 Å². The van der Waals surface area contributed by atoms with Crippen LogP contribution in [0.15, 0.2) is 53.4 Å². The van der Waals surface area contributed by atoms with Crippen LogP contribution in [0.1, 0.15) is 22.8 Å². The van der Waals surface area contributed by atoms with E-state index in [2.05, 4.69) is 0 Å². The highest BCUT2D eigenvalue weighted by atomic mass is 32.2. The third-order valence-corrected chi connectivity index (χ3v) is 5.22. The Morgan fingerprint density at radius 1 is 1.05 bits per heavy atom. The molecule has 0 fully saturated rings. The van der Waals surface area contributed by atoms with Gasteiger partial charge in [0, 0.05) is 6.54 Å². The first kappa shape index (κ1) is 16.0. The molecule has 0 unspecified atom stereocenters. The van der Waals surface area contributed by atoms with Gasteiger partial charge in [-0.05, 0) is 50.2 Å². The van der Waals surface area contributed by atoms with Crippen LogP contribution < -0.4 is 4.31 Å². The summed E-state index contributed by atoms with van der Waals surface area (Å²) < 4.78 is 26.7. The van der Waals surface area contributed by atoms with Gasteiger partial charge in [0.1, 0.15) is 0 Å². The van der Waals surface area contributed by atoms with Crippen molar-refractivity contribution in [2.24, 2.45) is 0 Å². The Labute approximate surface area is 129 Å². The van der Waals surface area contributed by atoms with Crippen molar-refractivity contribution in [3.05, 3.63) is 59.7 Å². The van der Waals surface area contributed by atoms with Gasteiger partial charge in [-0.1, -0.05) is 17.7 Å². The summed E-state index contributed by atoms with van der Waals surface area (Å²) >= 11 is 0.